The quantitative estimate of drug-likeness (QED) is 0.162. The Balaban J connectivity index is 0.00000276. The fourth-order valence-electron chi connectivity index (χ4n) is 5.68. The lowest BCUT2D eigenvalue weighted by molar-refractivity contribution is -0.000675. The van der Waals surface area contributed by atoms with Gasteiger partial charge < -0.3 is 23.8 Å². The summed E-state index contributed by atoms with van der Waals surface area (Å²) in [5, 5.41) is 9.13. The monoisotopic (exact) mass is 709 g/mol. The lowest BCUT2D eigenvalue weighted by atomic mass is 9.85. The van der Waals surface area contributed by atoms with E-state index in [1.54, 1.807) is 15.7 Å². The van der Waals surface area contributed by atoms with E-state index < -0.39 is 28.2 Å². The number of piperidine rings is 1. The van der Waals surface area contributed by atoms with Crippen LogP contribution in [0.3, 0.4) is 0 Å². The van der Waals surface area contributed by atoms with Gasteiger partial charge in [0, 0.05) is 43.9 Å². The highest BCUT2D eigenvalue weighted by molar-refractivity contribution is 7.14. The van der Waals surface area contributed by atoms with Gasteiger partial charge in [-0.15, -0.1) is 10.2 Å². The van der Waals surface area contributed by atoms with Crippen LogP contribution in [0, 0.1) is 11.6 Å². The molecule has 0 bridgehead atoms. The largest absolute Gasteiger partial charge is 0.483 e. The number of amides is 1. The molecule has 10 nitrogen and oxygen atoms in total. The van der Waals surface area contributed by atoms with Gasteiger partial charge in [-0.2, -0.15) is 0 Å². The molecule has 0 spiro atoms. The molecule has 4 aromatic rings. The Morgan fingerprint density at radius 1 is 1.06 bits per heavy atom. The van der Waals surface area contributed by atoms with Crippen LogP contribution in [0.4, 0.5) is 13.6 Å². The molecule has 13 heteroatoms. The van der Waals surface area contributed by atoms with Crippen molar-refractivity contribution >= 4 is 23.7 Å². The van der Waals surface area contributed by atoms with Crippen LogP contribution in [0.15, 0.2) is 59.5 Å². The Labute approximate surface area is 295 Å². The zero-order valence-corrected chi connectivity index (χ0v) is 30.5. The molecule has 2 aromatic heterocycles. The van der Waals surface area contributed by atoms with Crippen molar-refractivity contribution in [3.63, 3.8) is 0 Å². The minimum absolute atomic E-state index is 0.0509. The van der Waals surface area contributed by atoms with Crippen molar-refractivity contribution in [2.24, 2.45) is 0 Å². The normalized spacial score (nSPS) is 14.2. The number of aldehydes is 1. The second kappa shape index (κ2) is 16.5. The first-order valence-electron chi connectivity index (χ1n) is 16.6. The van der Waals surface area contributed by atoms with E-state index in [0.29, 0.717) is 43.8 Å². The summed E-state index contributed by atoms with van der Waals surface area (Å²) in [5.74, 6) is -1.50. The smallest absolute Gasteiger partial charge is 0.410 e. The van der Waals surface area contributed by atoms with E-state index in [9.17, 15) is 23.2 Å². The maximum Gasteiger partial charge on any atom is 0.410 e. The van der Waals surface area contributed by atoms with Gasteiger partial charge in [0.2, 0.25) is 5.43 Å². The minimum Gasteiger partial charge on any atom is -0.483 e. The fourth-order valence-corrected chi connectivity index (χ4v) is 6.55. The van der Waals surface area contributed by atoms with Crippen LogP contribution >= 0.6 is 11.3 Å². The predicted molar refractivity (Wildman–Crippen MR) is 190 cm³/mol. The molecule has 0 saturated carbocycles. The van der Waals surface area contributed by atoms with E-state index >= 15 is 0 Å². The molecule has 1 saturated heterocycles. The molecule has 1 fully saturated rings. The number of benzene rings is 2. The maximum absolute atomic E-state index is 14.4. The lowest BCUT2D eigenvalue weighted by Crippen LogP contribution is -2.56. The van der Waals surface area contributed by atoms with E-state index in [1.807, 2.05) is 79.0 Å². The van der Waals surface area contributed by atoms with Crippen LogP contribution in [-0.2, 0) is 24.3 Å². The summed E-state index contributed by atoms with van der Waals surface area (Å²) >= 11 is 1.10. The molecule has 50 heavy (non-hydrogen) atoms. The van der Waals surface area contributed by atoms with Crippen LogP contribution in [0.1, 0.15) is 74.1 Å². The molecule has 2 aromatic carbocycles. The Bertz CT molecular complexity index is 1830. The zero-order valence-electron chi connectivity index (χ0n) is 29.7. The van der Waals surface area contributed by atoms with E-state index in [0.717, 1.165) is 23.0 Å². The molecule has 0 unspecified atom stereocenters. The van der Waals surface area contributed by atoms with Gasteiger partial charge in [-0.05, 0) is 64.9 Å². The number of hydrogen-bond acceptors (Lipinski definition) is 9. The van der Waals surface area contributed by atoms with Gasteiger partial charge in [0.1, 0.15) is 34.5 Å². The molecular formula is C37H45F2N5O5S. The van der Waals surface area contributed by atoms with Crippen LogP contribution < -0.4 is 10.2 Å². The number of aromatic nitrogens is 3. The van der Waals surface area contributed by atoms with Crippen molar-refractivity contribution in [3.8, 4) is 16.3 Å². The Hall–Kier alpha value is -4.49. The van der Waals surface area contributed by atoms with Gasteiger partial charge in [0.15, 0.2) is 17.0 Å². The highest BCUT2D eigenvalue weighted by Gasteiger charge is 2.40. The molecule has 0 N–H and O–H groups in total. The van der Waals surface area contributed by atoms with Gasteiger partial charge in [0.05, 0.1) is 5.56 Å². The minimum atomic E-state index is -0.701. The molecule has 0 aliphatic carbocycles. The summed E-state index contributed by atoms with van der Waals surface area (Å²) in [4.78, 5) is 43.3. The summed E-state index contributed by atoms with van der Waals surface area (Å²) in [7, 11) is 3.90. The topological polar surface area (TPSA) is 107 Å². The number of nitrogens with zero attached hydrogens (tertiary/aromatic N) is 5. The first kappa shape index (κ1) is 38.3. The standard InChI is InChI=1S/C35H39F2N5O5S.C2H6/c1-34(2,3)47-33(45)41-15-13-35(14-16-41,40(4)5)22-42-19-26(30(44)31(28(42)20-43)46-21-23-9-7-6-8-10-23)32-39-38-29(48-32)17-24-11-12-25(36)18-27(24)37;1-2/h6-12,18-20H,13-17,21-22H2,1-5H3;1-2H3. The Morgan fingerprint density at radius 2 is 1.74 bits per heavy atom. The zero-order chi connectivity index (χ0) is 36.6. The molecule has 5 rings (SSSR count). The first-order valence-corrected chi connectivity index (χ1v) is 17.4. The van der Waals surface area contributed by atoms with Crippen molar-refractivity contribution in [3.05, 3.63) is 98.4 Å². The van der Waals surface area contributed by atoms with Crippen LogP contribution in [0.2, 0.25) is 0 Å². The summed E-state index contributed by atoms with van der Waals surface area (Å²) in [6.45, 7) is 10.7. The maximum atomic E-state index is 14.4. The molecule has 1 amide bonds. The number of carbonyl (C=O) groups excluding carboxylic acids is 2. The van der Waals surface area contributed by atoms with E-state index in [1.165, 1.54) is 12.1 Å². The summed E-state index contributed by atoms with van der Waals surface area (Å²) in [6.07, 6.45) is 3.04. The van der Waals surface area contributed by atoms with Crippen molar-refractivity contribution in [1.29, 1.82) is 0 Å². The number of carbonyl (C=O) groups is 2. The number of halogens is 2. The highest BCUT2D eigenvalue weighted by atomic mass is 32.1. The average molecular weight is 710 g/mol. The molecule has 1 aliphatic heterocycles. The number of likely N-dealkylation sites (tertiary alicyclic amines) is 1. The molecular weight excluding hydrogens is 665 g/mol. The van der Waals surface area contributed by atoms with Gasteiger partial charge in [-0.25, -0.2) is 13.6 Å². The van der Waals surface area contributed by atoms with Crippen LogP contribution in [0.5, 0.6) is 5.75 Å². The Morgan fingerprint density at radius 3 is 2.34 bits per heavy atom. The fraction of sp³-hybridized carbons (Fsp3) is 0.432. The third-order valence-corrected chi connectivity index (χ3v) is 9.39. The van der Waals surface area contributed by atoms with Gasteiger partial charge in [-0.3, -0.25) is 9.59 Å². The second-order valence-corrected chi connectivity index (χ2v) is 14.2. The molecule has 268 valence electrons. The Kier molecular flexibility index (Phi) is 12.6. The third kappa shape index (κ3) is 9.19. The molecule has 1 aliphatic rings. The average Bonchev–Trinajstić information content (AvgIpc) is 3.55. The summed E-state index contributed by atoms with van der Waals surface area (Å²) in [5.41, 5.74) is -0.341. The summed E-state index contributed by atoms with van der Waals surface area (Å²) < 4.78 is 41.2. The van der Waals surface area contributed by atoms with Crippen molar-refractivity contribution in [2.75, 3.05) is 27.2 Å². The first-order chi connectivity index (χ1) is 23.8. The SMILES string of the molecule is CC.CN(C)C1(Cn2cc(-c3nnc(Cc4ccc(F)cc4F)s3)c(=O)c(OCc3ccccc3)c2C=O)CCN(C(=O)OC(C)(C)C)CC1. The number of likely N-dealkylation sites (N-methyl/N-ethyl adjacent to an activating group) is 1. The van der Waals surface area contributed by atoms with Gasteiger partial charge in [-0.1, -0.05) is 61.6 Å². The van der Waals surface area contributed by atoms with E-state index in [2.05, 4.69) is 15.1 Å². The highest BCUT2D eigenvalue weighted by Crippen LogP contribution is 2.33. The van der Waals surface area contributed by atoms with E-state index in [-0.39, 0.29) is 46.7 Å². The summed E-state index contributed by atoms with van der Waals surface area (Å²) in [6, 6.07) is 12.6. The number of pyridine rings is 1. The van der Waals surface area contributed by atoms with Gasteiger partial charge >= 0.3 is 6.09 Å². The van der Waals surface area contributed by atoms with Crippen LogP contribution in [-0.4, -0.2) is 75.3 Å². The van der Waals surface area contributed by atoms with Crippen LogP contribution in [0.25, 0.3) is 10.6 Å². The molecule has 3 heterocycles. The predicted octanol–water partition coefficient (Wildman–Crippen LogP) is 6.98. The van der Waals surface area contributed by atoms with Crippen molar-refractivity contribution < 1.29 is 27.8 Å². The number of hydrogen-bond donors (Lipinski definition) is 0. The van der Waals surface area contributed by atoms with E-state index in [4.69, 9.17) is 9.47 Å². The van der Waals surface area contributed by atoms with Crippen molar-refractivity contribution in [1.82, 2.24) is 24.6 Å². The lowest BCUT2D eigenvalue weighted by Gasteiger charge is -2.46. The van der Waals surface area contributed by atoms with Crippen molar-refractivity contribution in [2.45, 2.75) is 78.2 Å². The third-order valence-electron chi connectivity index (χ3n) is 8.43. The molecule has 0 atom stereocenters. The van der Waals surface area contributed by atoms with Gasteiger partial charge in [0.25, 0.3) is 0 Å². The number of ether oxygens (including phenoxy) is 2. The molecule has 0 radical (unpaired) electrons. The number of rotatable bonds is 10. The second-order valence-electron chi connectivity index (χ2n) is 13.1.